The van der Waals surface area contributed by atoms with E-state index in [1.54, 1.807) is 0 Å². The fourth-order valence-electron chi connectivity index (χ4n) is 1.77. The van der Waals surface area contributed by atoms with Crippen LogP contribution in [0.4, 0.5) is 0 Å². The molecule has 0 aromatic heterocycles. The van der Waals surface area contributed by atoms with Crippen molar-refractivity contribution in [2.75, 3.05) is 13.1 Å². The zero-order chi connectivity index (χ0) is 11.9. The smallest absolute Gasteiger partial charge is 0.0141 e. The summed E-state index contributed by atoms with van der Waals surface area (Å²) in [5, 5.41) is 3.24. The first kappa shape index (κ1) is 15.5. The van der Waals surface area contributed by atoms with Crippen molar-refractivity contribution in [1.29, 1.82) is 0 Å². The number of rotatable bonds is 12. The fourth-order valence-corrected chi connectivity index (χ4v) is 1.77. The lowest BCUT2D eigenvalue weighted by Gasteiger charge is -2.02. The summed E-state index contributed by atoms with van der Waals surface area (Å²) >= 11 is 0. The molecule has 0 spiro atoms. The van der Waals surface area contributed by atoms with Gasteiger partial charge in [0.1, 0.15) is 0 Å². The van der Waals surface area contributed by atoms with Gasteiger partial charge in [0.05, 0.1) is 0 Å². The molecule has 0 amide bonds. The van der Waals surface area contributed by atoms with Gasteiger partial charge in [-0.1, -0.05) is 64.4 Å². The first-order valence-electron chi connectivity index (χ1n) is 7.00. The van der Waals surface area contributed by atoms with Gasteiger partial charge in [-0.3, -0.25) is 0 Å². The number of nitrogens with one attached hydrogen (secondary N) is 1. The average molecular weight is 226 g/mol. The van der Waals surface area contributed by atoms with E-state index in [0.717, 1.165) is 6.54 Å². The second-order valence-electron chi connectivity index (χ2n) is 4.42. The molecule has 3 N–H and O–H groups in total. The Kier molecular flexibility index (Phi) is 14.0. The number of hydrogen-bond donors (Lipinski definition) is 2. The highest BCUT2D eigenvalue weighted by molar-refractivity contribution is 4.79. The highest BCUT2D eigenvalue weighted by Crippen LogP contribution is 2.08. The Hall–Kier alpha value is -0.500. The van der Waals surface area contributed by atoms with Crippen LogP contribution in [-0.4, -0.2) is 13.1 Å². The molecule has 96 valence electrons. The van der Waals surface area contributed by atoms with E-state index in [9.17, 15) is 0 Å². The monoisotopic (exact) mass is 226 g/mol. The fraction of sp³-hybridized carbons (Fsp3) is 0.857. The standard InChI is InChI=1S/C14H30N2/c1-2-3-4-5-6-7-8-9-10-13-16-14-11-12-15/h11,14,16H,2-10,12-13,15H2,1H3. The molecule has 0 atom stereocenters. The van der Waals surface area contributed by atoms with E-state index in [2.05, 4.69) is 12.2 Å². The zero-order valence-corrected chi connectivity index (χ0v) is 11.0. The third-order valence-electron chi connectivity index (χ3n) is 2.80. The average Bonchev–Trinajstić information content (AvgIpc) is 2.31. The quantitative estimate of drug-likeness (QED) is 0.499. The van der Waals surface area contributed by atoms with E-state index in [1.165, 1.54) is 57.8 Å². The number of unbranched alkanes of at least 4 members (excludes halogenated alkanes) is 8. The van der Waals surface area contributed by atoms with E-state index >= 15 is 0 Å². The highest BCUT2D eigenvalue weighted by Gasteiger charge is 1.91. The molecule has 0 saturated heterocycles. The Morgan fingerprint density at radius 1 is 0.875 bits per heavy atom. The van der Waals surface area contributed by atoms with Gasteiger partial charge in [0.2, 0.25) is 0 Å². The molecule has 16 heavy (non-hydrogen) atoms. The van der Waals surface area contributed by atoms with Crippen LogP contribution in [0, 0.1) is 0 Å². The van der Waals surface area contributed by atoms with Crippen molar-refractivity contribution in [3.63, 3.8) is 0 Å². The van der Waals surface area contributed by atoms with E-state index in [0.29, 0.717) is 6.54 Å². The van der Waals surface area contributed by atoms with Crippen molar-refractivity contribution < 1.29 is 0 Å². The van der Waals surface area contributed by atoms with E-state index in [1.807, 2.05) is 12.3 Å². The van der Waals surface area contributed by atoms with Gasteiger partial charge in [0.15, 0.2) is 0 Å². The molecular weight excluding hydrogens is 196 g/mol. The molecule has 0 aromatic carbocycles. The molecule has 0 aromatic rings. The molecule has 0 rings (SSSR count). The Labute approximate surface area is 102 Å². The van der Waals surface area contributed by atoms with Crippen LogP contribution in [0.1, 0.15) is 64.7 Å². The van der Waals surface area contributed by atoms with Gasteiger partial charge in [-0.05, 0) is 12.6 Å². The summed E-state index contributed by atoms with van der Waals surface area (Å²) in [6, 6.07) is 0. The number of nitrogens with two attached hydrogens (primary N) is 1. The van der Waals surface area contributed by atoms with Crippen molar-refractivity contribution >= 4 is 0 Å². The molecule has 0 unspecified atom stereocenters. The minimum atomic E-state index is 0.630. The van der Waals surface area contributed by atoms with Crippen molar-refractivity contribution in [3.8, 4) is 0 Å². The molecule has 0 heterocycles. The molecule has 0 aliphatic carbocycles. The molecular formula is C14H30N2. The summed E-state index contributed by atoms with van der Waals surface area (Å²) in [5.41, 5.74) is 5.33. The minimum absolute atomic E-state index is 0.630. The Morgan fingerprint density at radius 2 is 1.44 bits per heavy atom. The summed E-state index contributed by atoms with van der Waals surface area (Å²) in [4.78, 5) is 0. The van der Waals surface area contributed by atoms with Crippen LogP contribution in [0.3, 0.4) is 0 Å². The van der Waals surface area contributed by atoms with Crippen LogP contribution in [0.5, 0.6) is 0 Å². The van der Waals surface area contributed by atoms with Crippen LogP contribution in [-0.2, 0) is 0 Å². The van der Waals surface area contributed by atoms with Crippen LogP contribution in [0.25, 0.3) is 0 Å². The predicted molar refractivity (Wildman–Crippen MR) is 73.4 cm³/mol. The normalized spacial score (nSPS) is 11.1. The van der Waals surface area contributed by atoms with Gasteiger partial charge in [0.25, 0.3) is 0 Å². The summed E-state index contributed by atoms with van der Waals surface area (Å²) < 4.78 is 0. The summed E-state index contributed by atoms with van der Waals surface area (Å²) in [6.07, 6.45) is 16.4. The van der Waals surface area contributed by atoms with Crippen LogP contribution < -0.4 is 11.1 Å². The lowest BCUT2D eigenvalue weighted by molar-refractivity contribution is 0.561. The Balaban J connectivity index is 2.90. The van der Waals surface area contributed by atoms with Gasteiger partial charge < -0.3 is 11.1 Å². The van der Waals surface area contributed by atoms with Gasteiger partial charge >= 0.3 is 0 Å². The van der Waals surface area contributed by atoms with Crippen molar-refractivity contribution in [2.45, 2.75) is 64.7 Å². The van der Waals surface area contributed by atoms with Gasteiger partial charge in [-0.2, -0.15) is 0 Å². The first-order valence-corrected chi connectivity index (χ1v) is 7.00. The van der Waals surface area contributed by atoms with Crippen LogP contribution in [0.2, 0.25) is 0 Å². The van der Waals surface area contributed by atoms with Crippen molar-refractivity contribution in [1.82, 2.24) is 5.32 Å². The van der Waals surface area contributed by atoms with E-state index < -0.39 is 0 Å². The molecule has 0 radical (unpaired) electrons. The minimum Gasteiger partial charge on any atom is -0.391 e. The first-order chi connectivity index (χ1) is 7.91. The lowest BCUT2D eigenvalue weighted by Crippen LogP contribution is -2.07. The molecule has 2 nitrogen and oxygen atoms in total. The summed E-state index contributed by atoms with van der Waals surface area (Å²) in [6.45, 7) is 3.99. The van der Waals surface area contributed by atoms with Gasteiger partial charge in [0, 0.05) is 13.1 Å². The molecule has 0 aliphatic heterocycles. The van der Waals surface area contributed by atoms with Crippen molar-refractivity contribution in [2.24, 2.45) is 5.73 Å². The number of hydrogen-bond acceptors (Lipinski definition) is 2. The highest BCUT2D eigenvalue weighted by atomic mass is 14.8. The van der Waals surface area contributed by atoms with E-state index in [-0.39, 0.29) is 0 Å². The van der Waals surface area contributed by atoms with Gasteiger partial charge in [-0.15, -0.1) is 0 Å². The largest absolute Gasteiger partial charge is 0.391 e. The third-order valence-corrected chi connectivity index (χ3v) is 2.80. The van der Waals surface area contributed by atoms with E-state index in [4.69, 9.17) is 5.73 Å². The van der Waals surface area contributed by atoms with Crippen LogP contribution in [0.15, 0.2) is 12.3 Å². The topological polar surface area (TPSA) is 38.0 Å². The second-order valence-corrected chi connectivity index (χ2v) is 4.42. The summed E-state index contributed by atoms with van der Waals surface area (Å²) in [7, 11) is 0. The van der Waals surface area contributed by atoms with Crippen molar-refractivity contribution in [3.05, 3.63) is 12.3 Å². The summed E-state index contributed by atoms with van der Waals surface area (Å²) in [5.74, 6) is 0. The Morgan fingerprint density at radius 3 is 2.00 bits per heavy atom. The molecule has 0 saturated carbocycles. The third kappa shape index (κ3) is 13.5. The molecule has 0 fully saturated rings. The maximum absolute atomic E-state index is 5.33. The lowest BCUT2D eigenvalue weighted by atomic mass is 10.1. The SMILES string of the molecule is CCCCCCCCCCCNC=CCN. The predicted octanol–water partition coefficient (Wildman–Crippen LogP) is 3.58. The Bertz CT molecular complexity index is 144. The molecule has 0 aliphatic rings. The zero-order valence-electron chi connectivity index (χ0n) is 11.0. The second kappa shape index (κ2) is 14.5. The molecule has 0 bridgehead atoms. The van der Waals surface area contributed by atoms with Gasteiger partial charge in [-0.25, -0.2) is 0 Å². The maximum Gasteiger partial charge on any atom is 0.0141 e. The maximum atomic E-state index is 5.33. The van der Waals surface area contributed by atoms with Crippen LogP contribution >= 0.6 is 0 Å². The molecule has 2 heteroatoms.